The van der Waals surface area contributed by atoms with Crippen LogP contribution in [0.2, 0.25) is 0 Å². The summed E-state index contributed by atoms with van der Waals surface area (Å²) in [6, 6.07) is 2.09. The number of benzene rings is 1. The minimum Gasteiger partial charge on any atom is -0.466 e. The lowest BCUT2D eigenvalue weighted by Gasteiger charge is -2.35. The predicted molar refractivity (Wildman–Crippen MR) is 89.3 cm³/mol. The zero-order valence-electron chi connectivity index (χ0n) is 15.3. The van der Waals surface area contributed by atoms with Gasteiger partial charge in [-0.05, 0) is 25.0 Å². The second kappa shape index (κ2) is 8.32. The van der Waals surface area contributed by atoms with E-state index in [1.54, 1.807) is 13.8 Å². The van der Waals surface area contributed by atoms with Crippen LogP contribution in [0.4, 0.5) is 14.5 Å². The Morgan fingerprint density at radius 2 is 1.78 bits per heavy atom. The van der Waals surface area contributed by atoms with Crippen molar-refractivity contribution in [2.75, 3.05) is 11.9 Å². The zero-order chi connectivity index (χ0) is 20.2. The summed E-state index contributed by atoms with van der Waals surface area (Å²) in [5.41, 5.74) is -1.46. The van der Waals surface area contributed by atoms with Crippen LogP contribution in [0.5, 0.6) is 0 Å². The van der Waals surface area contributed by atoms with Gasteiger partial charge in [-0.15, -0.1) is 0 Å². The largest absolute Gasteiger partial charge is 0.466 e. The molecule has 1 N–H and O–H groups in total. The molecule has 1 fully saturated rings. The van der Waals surface area contributed by atoms with Crippen molar-refractivity contribution in [1.82, 2.24) is 0 Å². The maximum Gasteiger partial charge on any atom is 0.329 e. The van der Waals surface area contributed by atoms with E-state index in [9.17, 15) is 23.2 Å². The minimum atomic E-state index is -1.48. The molecule has 148 valence electrons. The lowest BCUT2D eigenvalue weighted by atomic mass is 9.82. The maximum absolute atomic E-state index is 14.2. The van der Waals surface area contributed by atoms with E-state index in [4.69, 9.17) is 14.2 Å². The molecule has 0 atom stereocenters. The molecule has 0 spiro atoms. The monoisotopic (exact) mass is 385 g/mol. The van der Waals surface area contributed by atoms with E-state index in [1.165, 1.54) is 13.0 Å². The summed E-state index contributed by atoms with van der Waals surface area (Å²) < 4.78 is 42.7. The Morgan fingerprint density at radius 3 is 2.30 bits per heavy atom. The highest BCUT2D eigenvalue weighted by Gasteiger charge is 2.51. The first-order valence-electron chi connectivity index (χ1n) is 8.54. The first-order valence-corrected chi connectivity index (χ1v) is 8.54. The fourth-order valence-corrected chi connectivity index (χ4v) is 2.81. The number of carbonyl (C=O) groups excluding carboxylic acids is 3. The van der Waals surface area contributed by atoms with E-state index in [0.29, 0.717) is 0 Å². The number of rotatable bonds is 7. The third-order valence-corrected chi connectivity index (χ3v) is 4.54. The van der Waals surface area contributed by atoms with E-state index in [-0.39, 0.29) is 37.1 Å². The lowest BCUT2D eigenvalue weighted by molar-refractivity contribution is -0.219. The number of carbonyl (C=O) groups is 3. The number of hydrogen-bond acceptors (Lipinski definition) is 7. The van der Waals surface area contributed by atoms with Crippen LogP contribution in [-0.2, 0) is 35.0 Å². The Bertz CT molecular complexity index is 728. The van der Waals surface area contributed by atoms with Gasteiger partial charge in [0.05, 0.1) is 6.61 Å². The van der Waals surface area contributed by atoms with Gasteiger partial charge >= 0.3 is 24.3 Å². The summed E-state index contributed by atoms with van der Waals surface area (Å²) in [5.74, 6) is -4.29. The number of anilines is 1. The lowest BCUT2D eigenvalue weighted by Crippen LogP contribution is -2.51. The molecule has 1 aromatic rings. The van der Waals surface area contributed by atoms with Crippen LogP contribution < -0.4 is 5.32 Å². The molecule has 0 saturated carbocycles. The van der Waals surface area contributed by atoms with E-state index < -0.39 is 41.4 Å². The predicted octanol–water partition coefficient (Wildman–Crippen LogP) is 2.67. The van der Waals surface area contributed by atoms with E-state index >= 15 is 0 Å². The first kappa shape index (κ1) is 20.6. The molecule has 2 rings (SSSR count). The maximum atomic E-state index is 14.2. The zero-order valence-corrected chi connectivity index (χ0v) is 15.3. The van der Waals surface area contributed by atoms with Gasteiger partial charge in [0.15, 0.2) is 17.0 Å². The Balaban J connectivity index is 2.20. The van der Waals surface area contributed by atoms with Crippen LogP contribution in [0.3, 0.4) is 0 Å². The van der Waals surface area contributed by atoms with Crippen molar-refractivity contribution < 1.29 is 37.4 Å². The summed E-state index contributed by atoms with van der Waals surface area (Å²) in [6.07, 6.45) is -1.18. The molecule has 27 heavy (non-hydrogen) atoms. The fourth-order valence-electron chi connectivity index (χ4n) is 2.81. The van der Waals surface area contributed by atoms with Crippen LogP contribution in [0.15, 0.2) is 12.1 Å². The van der Waals surface area contributed by atoms with Crippen LogP contribution in [0.1, 0.15) is 39.2 Å². The van der Waals surface area contributed by atoms with Crippen LogP contribution in [0.25, 0.3) is 0 Å². The van der Waals surface area contributed by atoms with E-state index in [1.807, 2.05) is 0 Å². The van der Waals surface area contributed by atoms with Crippen LogP contribution in [0, 0.1) is 17.0 Å². The Morgan fingerprint density at radius 1 is 1.19 bits per heavy atom. The van der Waals surface area contributed by atoms with Gasteiger partial charge in [0.2, 0.25) is 0 Å². The molecule has 1 heterocycles. The second-order valence-corrected chi connectivity index (χ2v) is 6.05. The van der Waals surface area contributed by atoms with Gasteiger partial charge in [0.25, 0.3) is 0 Å². The molecule has 1 aliphatic heterocycles. The van der Waals surface area contributed by atoms with Gasteiger partial charge in [-0.2, -0.15) is 0 Å². The molecule has 0 aromatic heterocycles. The third kappa shape index (κ3) is 4.17. The molecular formula is C18H21F2NO6. The summed E-state index contributed by atoms with van der Waals surface area (Å²) in [4.78, 5) is 35.4. The standard InChI is InChI=1S/C18H21F2NO6/c1-4-18(5-2)15(23)26-17(27-16(18)24)21-13-7-6-12(19)14(20)11(13)8-9-25-10(3)22/h6-7,17,21H,4-5,8-9H2,1-3H3. The highest BCUT2D eigenvalue weighted by molar-refractivity contribution is 6.01. The molecule has 1 aliphatic rings. The SMILES string of the molecule is CCC1(CC)C(=O)OC(Nc2ccc(F)c(F)c2CCOC(C)=O)OC1=O. The molecule has 1 aromatic carbocycles. The highest BCUT2D eigenvalue weighted by atomic mass is 19.2. The molecule has 7 nitrogen and oxygen atoms in total. The summed E-state index contributed by atoms with van der Waals surface area (Å²) >= 11 is 0. The van der Waals surface area contributed by atoms with Gasteiger partial charge < -0.3 is 19.5 Å². The average molecular weight is 385 g/mol. The number of esters is 3. The summed E-state index contributed by atoms with van der Waals surface area (Å²) in [5, 5.41) is 2.57. The molecule has 0 bridgehead atoms. The second-order valence-electron chi connectivity index (χ2n) is 6.05. The number of halogens is 2. The molecule has 0 radical (unpaired) electrons. The topological polar surface area (TPSA) is 90.9 Å². The highest BCUT2D eigenvalue weighted by Crippen LogP contribution is 2.35. The molecule has 0 aliphatic carbocycles. The normalized spacial score (nSPS) is 16.5. The molecule has 9 heteroatoms. The van der Waals surface area contributed by atoms with Crippen LogP contribution >= 0.6 is 0 Å². The number of hydrogen-bond donors (Lipinski definition) is 1. The van der Waals surface area contributed by atoms with Gasteiger partial charge in [0, 0.05) is 24.6 Å². The van der Waals surface area contributed by atoms with Crippen molar-refractivity contribution in [2.45, 2.75) is 46.4 Å². The number of nitrogens with one attached hydrogen (secondary N) is 1. The van der Waals surface area contributed by atoms with Crippen molar-refractivity contribution in [1.29, 1.82) is 0 Å². The molecule has 0 unspecified atom stereocenters. The molecule has 0 amide bonds. The minimum absolute atomic E-state index is 0.0483. The van der Waals surface area contributed by atoms with E-state index in [2.05, 4.69) is 5.32 Å². The van der Waals surface area contributed by atoms with Crippen LogP contribution in [-0.4, -0.2) is 30.9 Å². The summed E-state index contributed by atoms with van der Waals surface area (Å²) in [6.45, 7) is 4.35. The third-order valence-electron chi connectivity index (χ3n) is 4.54. The van der Waals surface area contributed by atoms with Gasteiger partial charge in [0.1, 0.15) is 0 Å². The van der Waals surface area contributed by atoms with Gasteiger partial charge in [-0.1, -0.05) is 13.8 Å². The molecular weight excluding hydrogens is 364 g/mol. The van der Waals surface area contributed by atoms with Crippen molar-refractivity contribution >= 4 is 23.6 Å². The van der Waals surface area contributed by atoms with E-state index in [0.717, 1.165) is 6.07 Å². The Labute approximate surface area is 155 Å². The number of ether oxygens (including phenoxy) is 3. The van der Waals surface area contributed by atoms with Gasteiger partial charge in [-0.25, -0.2) is 8.78 Å². The van der Waals surface area contributed by atoms with Crippen molar-refractivity contribution in [3.63, 3.8) is 0 Å². The fraction of sp³-hybridized carbons (Fsp3) is 0.500. The first-order chi connectivity index (χ1) is 12.7. The van der Waals surface area contributed by atoms with Crippen molar-refractivity contribution in [2.24, 2.45) is 5.41 Å². The smallest absolute Gasteiger partial charge is 0.329 e. The van der Waals surface area contributed by atoms with Crippen molar-refractivity contribution in [3.05, 3.63) is 29.3 Å². The Hall–Kier alpha value is -2.71. The van der Waals surface area contributed by atoms with Crippen molar-refractivity contribution in [3.8, 4) is 0 Å². The summed E-state index contributed by atoms with van der Waals surface area (Å²) in [7, 11) is 0. The van der Waals surface area contributed by atoms with Gasteiger partial charge in [-0.3, -0.25) is 14.4 Å². The quantitative estimate of drug-likeness (QED) is 0.570. The average Bonchev–Trinajstić information content (AvgIpc) is 2.61. The number of cyclic esters (lactones) is 2. The Kier molecular flexibility index (Phi) is 6.35. The molecule has 1 saturated heterocycles.